The molecule has 0 rings (SSSR count). The van der Waals surface area contributed by atoms with Crippen molar-refractivity contribution in [2.75, 3.05) is 6.54 Å². The maximum Gasteiger partial charge on any atom is 0.0257 e. The SMILES string of the molecule is CCCNF. The molecule has 0 aliphatic heterocycles. The van der Waals surface area contributed by atoms with Gasteiger partial charge in [0.05, 0.1) is 0 Å². The molecule has 0 radical (unpaired) electrons. The minimum Gasteiger partial charge on any atom is -0.159 e. The van der Waals surface area contributed by atoms with Gasteiger partial charge >= 0.3 is 0 Å². The lowest BCUT2D eigenvalue weighted by molar-refractivity contribution is 0.335. The molecule has 0 atom stereocenters. The van der Waals surface area contributed by atoms with Gasteiger partial charge in [-0.2, -0.15) is 5.54 Å². The van der Waals surface area contributed by atoms with Crippen LogP contribution in [0.25, 0.3) is 0 Å². The summed E-state index contributed by atoms with van der Waals surface area (Å²) in [5.74, 6) is 0. The molecule has 5 heavy (non-hydrogen) atoms. The lowest BCUT2D eigenvalue weighted by Gasteiger charge is -1.79. The summed E-state index contributed by atoms with van der Waals surface area (Å²) in [6.45, 7) is 2.38. The molecule has 0 aromatic rings. The van der Waals surface area contributed by atoms with Crippen molar-refractivity contribution in [1.82, 2.24) is 5.54 Å². The summed E-state index contributed by atoms with van der Waals surface area (Å²) in [5, 5.41) is 0. The first-order chi connectivity index (χ1) is 2.41. The summed E-state index contributed by atoms with van der Waals surface area (Å²) in [6.07, 6.45) is 0.858. The van der Waals surface area contributed by atoms with E-state index in [9.17, 15) is 4.48 Å². The van der Waals surface area contributed by atoms with E-state index in [2.05, 4.69) is 0 Å². The van der Waals surface area contributed by atoms with Gasteiger partial charge in [0.2, 0.25) is 0 Å². The monoisotopic (exact) mass is 77.1 g/mol. The van der Waals surface area contributed by atoms with E-state index in [4.69, 9.17) is 0 Å². The molecule has 2 heteroatoms. The molecule has 1 nitrogen and oxygen atoms in total. The van der Waals surface area contributed by atoms with Crippen molar-refractivity contribution in [2.45, 2.75) is 13.3 Å². The molecule has 0 aliphatic carbocycles. The molecule has 0 aliphatic rings. The number of hydrogen-bond acceptors (Lipinski definition) is 1. The van der Waals surface area contributed by atoms with E-state index in [1.54, 1.807) is 0 Å². The van der Waals surface area contributed by atoms with Gasteiger partial charge in [0.15, 0.2) is 0 Å². The highest BCUT2D eigenvalue weighted by atomic mass is 19.2. The predicted molar refractivity (Wildman–Crippen MR) is 19.4 cm³/mol. The minimum atomic E-state index is 0.472. The van der Waals surface area contributed by atoms with Gasteiger partial charge in [-0.05, 0) is 6.42 Å². The maximum atomic E-state index is 10.7. The molecule has 0 fully saturated rings. The highest BCUT2D eigenvalue weighted by molar-refractivity contribution is 4.22. The minimum absolute atomic E-state index is 0.472. The molecule has 0 saturated heterocycles. The van der Waals surface area contributed by atoms with Crippen LogP contribution in [0.2, 0.25) is 0 Å². The van der Waals surface area contributed by atoms with Crippen molar-refractivity contribution < 1.29 is 4.48 Å². The van der Waals surface area contributed by atoms with Gasteiger partial charge in [0.25, 0.3) is 0 Å². The van der Waals surface area contributed by atoms with Crippen LogP contribution in [0.4, 0.5) is 4.48 Å². The van der Waals surface area contributed by atoms with E-state index in [1.807, 2.05) is 6.92 Å². The first-order valence-corrected chi connectivity index (χ1v) is 1.75. The predicted octanol–water partition coefficient (Wildman–Crippen LogP) is 0.871. The molecule has 32 valence electrons. The van der Waals surface area contributed by atoms with Crippen molar-refractivity contribution in [3.05, 3.63) is 0 Å². The van der Waals surface area contributed by atoms with Crippen molar-refractivity contribution in [3.63, 3.8) is 0 Å². The third-order valence-electron chi connectivity index (χ3n) is 0.344. The number of hydrogen-bond donors (Lipinski definition) is 1. The van der Waals surface area contributed by atoms with Crippen LogP contribution >= 0.6 is 0 Å². The third kappa shape index (κ3) is 3.89. The number of rotatable bonds is 2. The fourth-order valence-electron chi connectivity index (χ4n) is 0.0945. The first-order valence-electron chi connectivity index (χ1n) is 1.75. The Hall–Kier alpha value is -0.110. The van der Waals surface area contributed by atoms with Crippen LogP contribution in [0, 0.1) is 0 Å². The molecule has 0 spiro atoms. The van der Waals surface area contributed by atoms with E-state index in [0.29, 0.717) is 6.54 Å². The molecule has 0 unspecified atom stereocenters. The maximum absolute atomic E-state index is 10.7. The van der Waals surface area contributed by atoms with E-state index in [0.717, 1.165) is 6.42 Å². The van der Waals surface area contributed by atoms with Crippen molar-refractivity contribution in [3.8, 4) is 0 Å². The Labute approximate surface area is 31.1 Å². The van der Waals surface area contributed by atoms with Gasteiger partial charge in [0.1, 0.15) is 0 Å². The molecule has 1 N–H and O–H groups in total. The summed E-state index contributed by atoms with van der Waals surface area (Å²) in [7, 11) is 0. The van der Waals surface area contributed by atoms with Gasteiger partial charge in [-0.3, -0.25) is 0 Å². The van der Waals surface area contributed by atoms with Crippen molar-refractivity contribution >= 4 is 0 Å². The Balaban J connectivity index is 2.19. The average molecular weight is 77.1 g/mol. The Bertz CT molecular complexity index is 14.4. The second kappa shape index (κ2) is 3.89. The molecule has 0 bridgehead atoms. The zero-order valence-electron chi connectivity index (χ0n) is 3.29. The van der Waals surface area contributed by atoms with Crippen LogP contribution in [-0.4, -0.2) is 6.54 Å². The molecule has 0 aromatic carbocycles. The first kappa shape index (κ1) is 4.89. The third-order valence-corrected chi connectivity index (χ3v) is 0.344. The van der Waals surface area contributed by atoms with E-state index < -0.39 is 0 Å². The van der Waals surface area contributed by atoms with Gasteiger partial charge in [-0.25, -0.2) is 0 Å². The normalized spacial score (nSPS) is 8.40. The summed E-state index contributed by atoms with van der Waals surface area (Å²) in [5.41, 5.74) is 1.52. The Morgan fingerprint density at radius 1 is 1.80 bits per heavy atom. The van der Waals surface area contributed by atoms with Gasteiger partial charge < -0.3 is 0 Å². The summed E-state index contributed by atoms with van der Waals surface area (Å²) < 4.78 is 10.7. The average Bonchev–Trinajstić information content (AvgIpc) is 1.41. The van der Waals surface area contributed by atoms with E-state index >= 15 is 0 Å². The van der Waals surface area contributed by atoms with Crippen LogP contribution in [0.15, 0.2) is 0 Å². The highest BCUT2D eigenvalue weighted by Gasteiger charge is 1.68. The number of halogens is 1. The second-order valence-corrected chi connectivity index (χ2v) is 0.884. The van der Waals surface area contributed by atoms with Crippen LogP contribution in [-0.2, 0) is 0 Å². The summed E-state index contributed by atoms with van der Waals surface area (Å²) in [4.78, 5) is 0. The molecule has 0 saturated carbocycles. The van der Waals surface area contributed by atoms with Crippen LogP contribution in [0.5, 0.6) is 0 Å². The van der Waals surface area contributed by atoms with Crippen molar-refractivity contribution in [2.24, 2.45) is 0 Å². The molecular formula is C3H8FN. The Morgan fingerprint density at radius 3 is 2.40 bits per heavy atom. The van der Waals surface area contributed by atoms with Gasteiger partial charge in [0, 0.05) is 6.54 Å². The lowest BCUT2D eigenvalue weighted by Crippen LogP contribution is -1.98. The molecule has 0 heterocycles. The quantitative estimate of drug-likeness (QED) is 0.482. The zero-order valence-corrected chi connectivity index (χ0v) is 3.29. The standard InChI is InChI=1S/C3H8FN/c1-2-3-5-4/h5H,2-3H2,1H3. The van der Waals surface area contributed by atoms with E-state index in [-0.39, 0.29) is 0 Å². The smallest absolute Gasteiger partial charge is 0.0257 e. The van der Waals surface area contributed by atoms with Crippen LogP contribution in [0.3, 0.4) is 0 Å². The number of nitrogens with one attached hydrogen (secondary N) is 1. The van der Waals surface area contributed by atoms with Crippen LogP contribution in [0.1, 0.15) is 13.3 Å². The Morgan fingerprint density at radius 2 is 2.40 bits per heavy atom. The van der Waals surface area contributed by atoms with E-state index in [1.165, 1.54) is 5.54 Å². The summed E-state index contributed by atoms with van der Waals surface area (Å²) in [6, 6.07) is 0. The molecular weight excluding hydrogens is 69.0 g/mol. The van der Waals surface area contributed by atoms with Gasteiger partial charge in [-0.1, -0.05) is 6.92 Å². The topological polar surface area (TPSA) is 12.0 Å². The zero-order chi connectivity index (χ0) is 4.12. The fraction of sp³-hybridized carbons (Fsp3) is 1.00. The van der Waals surface area contributed by atoms with Crippen molar-refractivity contribution in [1.29, 1.82) is 0 Å². The lowest BCUT2D eigenvalue weighted by atomic mass is 10.5. The second-order valence-electron chi connectivity index (χ2n) is 0.884. The molecule has 0 aromatic heterocycles. The van der Waals surface area contributed by atoms with Gasteiger partial charge in [-0.15, -0.1) is 4.48 Å². The Kier molecular flexibility index (Phi) is 3.80. The molecule has 0 amide bonds. The van der Waals surface area contributed by atoms with Crippen LogP contribution < -0.4 is 5.54 Å². The highest BCUT2D eigenvalue weighted by Crippen LogP contribution is 1.65. The summed E-state index contributed by atoms with van der Waals surface area (Å²) >= 11 is 0. The fourth-order valence-corrected chi connectivity index (χ4v) is 0.0945. The largest absolute Gasteiger partial charge is 0.159 e.